The number of aromatic nitrogens is 4. The van der Waals surface area contributed by atoms with Gasteiger partial charge in [-0.15, -0.1) is 0 Å². The lowest BCUT2D eigenvalue weighted by molar-refractivity contribution is -0.181. The van der Waals surface area contributed by atoms with Crippen LogP contribution in [0.1, 0.15) is 6.92 Å². The highest BCUT2D eigenvalue weighted by atomic mass is 16.6. The lowest BCUT2D eigenvalue weighted by Gasteiger charge is -2.34. The number of para-hydroxylation sites is 1. The summed E-state index contributed by atoms with van der Waals surface area (Å²) in [5.41, 5.74) is 4.48. The maximum absolute atomic E-state index is 13.6. The number of benzene rings is 1. The van der Waals surface area contributed by atoms with Gasteiger partial charge in [-0.2, -0.15) is 0 Å². The minimum absolute atomic E-state index is 0.122. The zero-order valence-corrected chi connectivity index (χ0v) is 16.8. The number of ether oxygens (including phenoxy) is 3. The van der Waals surface area contributed by atoms with Crippen LogP contribution in [-0.4, -0.2) is 73.6 Å². The smallest absolute Gasteiger partial charge is 0.240 e. The molecule has 0 spiro atoms. The van der Waals surface area contributed by atoms with Crippen LogP contribution in [-0.2, 0) is 20.0 Å². The molecule has 0 saturated carbocycles. The van der Waals surface area contributed by atoms with Crippen molar-refractivity contribution in [2.45, 2.75) is 31.0 Å². The van der Waals surface area contributed by atoms with E-state index in [1.54, 1.807) is 31.2 Å². The Morgan fingerprint density at radius 2 is 2.06 bits per heavy atom. The normalized spacial score (nSPS) is 25.7. The van der Waals surface area contributed by atoms with Gasteiger partial charge in [0.2, 0.25) is 11.5 Å². The van der Waals surface area contributed by atoms with Crippen molar-refractivity contribution in [2.24, 2.45) is 0 Å². The maximum atomic E-state index is 13.6. The standard InChI is InChI=1S/C20H23N5O6/c1-2-29-17-16(28)13(8-26)31-20(17,14(27)9-30-12-6-4-3-5-7-12)25-11-24-15-18(21)22-10-23-19(15)25/h3-7,10-11,13,16-17,26,28H,2,8-9H2,1H3,(H2,21,22,23)/t13-,16-,17-,20-/m1/s1. The summed E-state index contributed by atoms with van der Waals surface area (Å²) in [6, 6.07) is 8.80. The number of aliphatic hydroxyl groups excluding tert-OH is 2. The van der Waals surface area contributed by atoms with Gasteiger partial charge in [0.05, 0.1) is 6.61 Å². The number of fused-ring (bicyclic) bond motifs is 1. The Hall–Kier alpha value is -3.12. The van der Waals surface area contributed by atoms with Gasteiger partial charge < -0.3 is 30.2 Å². The number of imidazole rings is 1. The first-order chi connectivity index (χ1) is 15.0. The van der Waals surface area contributed by atoms with Crippen molar-refractivity contribution in [3.8, 4) is 5.75 Å². The Balaban J connectivity index is 1.82. The van der Waals surface area contributed by atoms with Gasteiger partial charge in [0.25, 0.3) is 0 Å². The zero-order valence-electron chi connectivity index (χ0n) is 16.8. The summed E-state index contributed by atoms with van der Waals surface area (Å²) in [5, 5.41) is 20.5. The molecule has 0 bridgehead atoms. The highest BCUT2D eigenvalue weighted by Crippen LogP contribution is 2.40. The number of nitrogens with zero attached hydrogens (tertiary/aromatic N) is 4. The number of ketones is 1. The predicted octanol–water partition coefficient (Wildman–Crippen LogP) is -0.134. The highest BCUT2D eigenvalue weighted by Gasteiger charge is 2.62. The number of hydrogen-bond donors (Lipinski definition) is 3. The van der Waals surface area contributed by atoms with Gasteiger partial charge >= 0.3 is 0 Å². The van der Waals surface area contributed by atoms with E-state index >= 15 is 0 Å². The molecule has 1 aliphatic rings. The van der Waals surface area contributed by atoms with Crippen molar-refractivity contribution in [1.82, 2.24) is 19.5 Å². The van der Waals surface area contributed by atoms with Crippen LogP contribution in [0.3, 0.4) is 0 Å². The van der Waals surface area contributed by atoms with Crippen molar-refractivity contribution in [3.05, 3.63) is 43.0 Å². The molecule has 0 aliphatic carbocycles. The Morgan fingerprint density at radius 1 is 1.29 bits per heavy atom. The van der Waals surface area contributed by atoms with E-state index in [1.165, 1.54) is 17.2 Å². The SMILES string of the molecule is CCO[C@@H]1[C@H](O)[C@@H](CO)O[C@@]1(C(=O)COc1ccccc1)n1cnc2c(N)ncnc21. The number of nitrogens with two attached hydrogens (primary N) is 1. The van der Waals surface area contributed by atoms with E-state index < -0.39 is 43.0 Å². The minimum atomic E-state index is -1.90. The minimum Gasteiger partial charge on any atom is -0.486 e. The molecular weight excluding hydrogens is 406 g/mol. The largest absolute Gasteiger partial charge is 0.486 e. The molecular formula is C20H23N5O6. The van der Waals surface area contributed by atoms with E-state index in [2.05, 4.69) is 15.0 Å². The van der Waals surface area contributed by atoms with E-state index in [4.69, 9.17) is 19.9 Å². The van der Waals surface area contributed by atoms with Gasteiger partial charge in [-0.05, 0) is 19.1 Å². The van der Waals surface area contributed by atoms with Gasteiger partial charge in [-0.3, -0.25) is 9.36 Å². The fourth-order valence-corrected chi connectivity index (χ4v) is 3.75. The molecule has 1 aliphatic heterocycles. The molecule has 3 heterocycles. The van der Waals surface area contributed by atoms with Gasteiger partial charge in [0.1, 0.15) is 42.2 Å². The lowest BCUT2D eigenvalue weighted by atomic mass is 9.97. The number of aliphatic hydroxyl groups is 2. The third-order valence-electron chi connectivity index (χ3n) is 5.17. The molecule has 31 heavy (non-hydrogen) atoms. The fourth-order valence-electron chi connectivity index (χ4n) is 3.75. The van der Waals surface area contributed by atoms with Crippen LogP contribution in [0, 0.1) is 0 Å². The first kappa shape index (κ1) is 21.1. The van der Waals surface area contributed by atoms with Crippen molar-refractivity contribution in [2.75, 3.05) is 25.6 Å². The second-order valence-corrected chi connectivity index (χ2v) is 6.97. The number of carbonyl (C=O) groups excluding carboxylic acids is 1. The van der Waals surface area contributed by atoms with E-state index in [1.807, 2.05) is 6.07 Å². The zero-order chi connectivity index (χ0) is 22.0. The number of nitrogen functional groups attached to an aromatic ring is 1. The molecule has 1 aromatic carbocycles. The number of anilines is 1. The molecule has 4 N–H and O–H groups in total. The van der Waals surface area contributed by atoms with E-state index in [0.29, 0.717) is 5.75 Å². The monoisotopic (exact) mass is 429 g/mol. The third-order valence-corrected chi connectivity index (χ3v) is 5.17. The highest BCUT2D eigenvalue weighted by molar-refractivity contribution is 5.90. The van der Waals surface area contributed by atoms with Gasteiger partial charge in [0, 0.05) is 6.61 Å². The summed E-state index contributed by atoms with van der Waals surface area (Å²) < 4.78 is 18.7. The summed E-state index contributed by atoms with van der Waals surface area (Å²) in [6.07, 6.45) is -0.959. The second kappa shape index (κ2) is 8.55. The Labute approximate surface area is 177 Å². The molecule has 11 heteroatoms. The Morgan fingerprint density at radius 3 is 2.77 bits per heavy atom. The molecule has 0 unspecified atom stereocenters. The third kappa shape index (κ3) is 3.51. The van der Waals surface area contributed by atoms with Crippen molar-refractivity contribution in [3.63, 3.8) is 0 Å². The van der Waals surface area contributed by atoms with E-state index in [-0.39, 0.29) is 23.6 Å². The summed E-state index contributed by atoms with van der Waals surface area (Å²) >= 11 is 0. The quantitative estimate of drug-likeness (QED) is 0.441. The molecule has 11 nitrogen and oxygen atoms in total. The summed E-state index contributed by atoms with van der Waals surface area (Å²) in [5.74, 6) is 0.0525. The van der Waals surface area contributed by atoms with Crippen LogP contribution in [0.4, 0.5) is 5.82 Å². The van der Waals surface area contributed by atoms with Crippen LogP contribution in [0.5, 0.6) is 5.75 Å². The average Bonchev–Trinajstić information content (AvgIpc) is 3.34. The fraction of sp³-hybridized carbons (Fsp3) is 0.400. The molecule has 1 saturated heterocycles. The van der Waals surface area contributed by atoms with Crippen LogP contribution in [0.15, 0.2) is 43.0 Å². The maximum Gasteiger partial charge on any atom is 0.240 e. The molecule has 4 atom stereocenters. The van der Waals surface area contributed by atoms with Crippen LogP contribution >= 0.6 is 0 Å². The van der Waals surface area contributed by atoms with Crippen LogP contribution in [0.25, 0.3) is 11.2 Å². The van der Waals surface area contributed by atoms with Crippen molar-refractivity contribution in [1.29, 1.82) is 0 Å². The summed E-state index contributed by atoms with van der Waals surface area (Å²) in [4.78, 5) is 25.9. The molecule has 0 amide bonds. The summed E-state index contributed by atoms with van der Waals surface area (Å²) in [7, 11) is 0. The Kier molecular flexibility index (Phi) is 5.83. The average molecular weight is 429 g/mol. The van der Waals surface area contributed by atoms with Crippen molar-refractivity contribution < 1.29 is 29.2 Å². The number of Topliss-reactive ketones (excluding diaryl/α,β-unsaturated/α-hetero) is 1. The number of carbonyl (C=O) groups is 1. The molecule has 4 rings (SSSR count). The number of hydrogen-bond acceptors (Lipinski definition) is 10. The molecule has 3 aromatic rings. The molecule has 0 radical (unpaired) electrons. The van der Waals surface area contributed by atoms with Crippen LogP contribution in [0.2, 0.25) is 0 Å². The molecule has 2 aromatic heterocycles. The number of rotatable bonds is 8. The predicted molar refractivity (Wildman–Crippen MR) is 108 cm³/mol. The van der Waals surface area contributed by atoms with Crippen molar-refractivity contribution >= 4 is 22.8 Å². The first-order valence-electron chi connectivity index (χ1n) is 9.76. The molecule has 1 fully saturated rings. The first-order valence-corrected chi connectivity index (χ1v) is 9.76. The topological polar surface area (TPSA) is 155 Å². The molecule has 164 valence electrons. The lowest BCUT2D eigenvalue weighted by Crippen LogP contribution is -2.54. The second-order valence-electron chi connectivity index (χ2n) is 6.97. The Bertz CT molecular complexity index is 1060. The summed E-state index contributed by atoms with van der Waals surface area (Å²) in [6.45, 7) is 0.990. The van der Waals surface area contributed by atoms with Crippen LogP contribution < -0.4 is 10.5 Å². The van der Waals surface area contributed by atoms with E-state index in [0.717, 1.165) is 0 Å². The van der Waals surface area contributed by atoms with Gasteiger partial charge in [-0.25, -0.2) is 15.0 Å². The van der Waals surface area contributed by atoms with E-state index in [9.17, 15) is 15.0 Å². The van der Waals surface area contributed by atoms with Gasteiger partial charge in [0.15, 0.2) is 18.1 Å². The van der Waals surface area contributed by atoms with Gasteiger partial charge in [-0.1, -0.05) is 18.2 Å².